The van der Waals surface area contributed by atoms with E-state index in [9.17, 15) is 4.79 Å². The summed E-state index contributed by atoms with van der Waals surface area (Å²) in [5, 5.41) is 9.54. The molecule has 15 heavy (non-hydrogen) atoms. The van der Waals surface area contributed by atoms with Gasteiger partial charge in [0, 0.05) is 11.1 Å². The van der Waals surface area contributed by atoms with Crippen LogP contribution in [0.3, 0.4) is 0 Å². The van der Waals surface area contributed by atoms with Crippen LogP contribution in [0.15, 0.2) is 12.1 Å². The minimum Gasteiger partial charge on any atom is -0.495 e. The average molecular weight is 249 g/mol. The molecule has 0 aliphatic rings. The van der Waals surface area contributed by atoms with Gasteiger partial charge in [0.2, 0.25) is 0 Å². The maximum atomic E-state index is 10.8. The van der Waals surface area contributed by atoms with E-state index in [4.69, 9.17) is 33.0 Å². The van der Waals surface area contributed by atoms with E-state index in [1.807, 2.05) is 0 Å². The molecular formula is C10H10Cl2O3. The fourth-order valence-corrected chi connectivity index (χ4v) is 1.73. The molecule has 0 aromatic heterocycles. The molecule has 0 aliphatic heterocycles. The topological polar surface area (TPSA) is 46.5 Å². The summed E-state index contributed by atoms with van der Waals surface area (Å²) in [6.45, 7) is 1.55. The highest BCUT2D eigenvalue weighted by atomic mass is 35.5. The number of carboxylic acids is 1. The Hall–Kier alpha value is -0.930. The second kappa shape index (κ2) is 4.73. The molecule has 1 aromatic rings. The van der Waals surface area contributed by atoms with Crippen LogP contribution in [0, 0.1) is 0 Å². The van der Waals surface area contributed by atoms with Gasteiger partial charge in [0.25, 0.3) is 0 Å². The summed E-state index contributed by atoms with van der Waals surface area (Å²) in [5.74, 6) is -1.21. The minimum absolute atomic E-state index is 0.339. The first-order valence-corrected chi connectivity index (χ1v) is 4.98. The van der Waals surface area contributed by atoms with Gasteiger partial charge < -0.3 is 9.84 Å². The quantitative estimate of drug-likeness (QED) is 0.894. The van der Waals surface area contributed by atoms with E-state index in [1.54, 1.807) is 6.92 Å². The number of aliphatic carboxylic acids is 1. The molecule has 1 atom stereocenters. The summed E-state index contributed by atoms with van der Waals surface area (Å²) < 4.78 is 4.96. The summed E-state index contributed by atoms with van der Waals surface area (Å²) in [6, 6.07) is 3.03. The fraction of sp³-hybridized carbons (Fsp3) is 0.300. The number of carbonyl (C=O) groups is 1. The molecule has 82 valence electrons. The van der Waals surface area contributed by atoms with Crippen LogP contribution in [0.5, 0.6) is 5.75 Å². The standard InChI is InChI=1S/C10H10Cl2O3/c1-5(10(13)14)6-3-8(12)9(15-2)4-7(6)11/h3-5H,1-2H3,(H,13,14). The molecule has 1 N–H and O–H groups in total. The van der Waals surface area contributed by atoms with Crippen molar-refractivity contribution in [2.75, 3.05) is 7.11 Å². The van der Waals surface area contributed by atoms with Crippen molar-refractivity contribution in [3.8, 4) is 5.75 Å². The third-order valence-electron chi connectivity index (χ3n) is 2.11. The molecule has 0 amide bonds. The van der Waals surface area contributed by atoms with Crippen LogP contribution in [0.25, 0.3) is 0 Å². The zero-order valence-electron chi connectivity index (χ0n) is 8.25. The van der Waals surface area contributed by atoms with E-state index in [-0.39, 0.29) is 0 Å². The van der Waals surface area contributed by atoms with Crippen LogP contribution in [0.4, 0.5) is 0 Å². The number of methoxy groups -OCH3 is 1. The molecule has 0 aliphatic carbocycles. The molecule has 1 unspecified atom stereocenters. The lowest BCUT2D eigenvalue weighted by Gasteiger charge is -2.11. The molecule has 1 aromatic carbocycles. The Morgan fingerprint density at radius 2 is 2.00 bits per heavy atom. The maximum Gasteiger partial charge on any atom is 0.310 e. The second-order valence-corrected chi connectivity index (χ2v) is 3.88. The van der Waals surface area contributed by atoms with Gasteiger partial charge in [-0.15, -0.1) is 0 Å². The summed E-state index contributed by atoms with van der Waals surface area (Å²) >= 11 is 11.8. The molecule has 3 nitrogen and oxygen atoms in total. The van der Waals surface area contributed by atoms with E-state index >= 15 is 0 Å². The van der Waals surface area contributed by atoms with E-state index in [2.05, 4.69) is 0 Å². The highest BCUT2D eigenvalue weighted by Gasteiger charge is 2.18. The Kier molecular flexibility index (Phi) is 3.83. The molecule has 1 rings (SSSR count). The van der Waals surface area contributed by atoms with Gasteiger partial charge >= 0.3 is 5.97 Å². The third kappa shape index (κ3) is 2.55. The Morgan fingerprint density at radius 1 is 1.40 bits per heavy atom. The molecule has 0 fully saturated rings. The predicted octanol–water partition coefficient (Wildman–Crippen LogP) is 3.19. The van der Waals surface area contributed by atoms with Crippen molar-refractivity contribution in [1.29, 1.82) is 0 Å². The smallest absolute Gasteiger partial charge is 0.310 e. The van der Waals surface area contributed by atoms with Crippen molar-refractivity contribution in [3.63, 3.8) is 0 Å². The van der Waals surface area contributed by atoms with E-state index in [1.165, 1.54) is 19.2 Å². The van der Waals surface area contributed by atoms with Crippen molar-refractivity contribution < 1.29 is 14.6 Å². The summed E-state index contributed by atoms with van der Waals surface area (Å²) in [7, 11) is 1.47. The largest absolute Gasteiger partial charge is 0.495 e. The minimum atomic E-state index is -0.946. The van der Waals surface area contributed by atoms with Gasteiger partial charge in [0.15, 0.2) is 0 Å². The van der Waals surface area contributed by atoms with Crippen LogP contribution < -0.4 is 4.74 Å². The first-order valence-electron chi connectivity index (χ1n) is 4.23. The lowest BCUT2D eigenvalue weighted by Crippen LogP contribution is -2.08. The Morgan fingerprint density at radius 3 is 2.47 bits per heavy atom. The van der Waals surface area contributed by atoms with Crippen LogP contribution in [-0.2, 0) is 4.79 Å². The third-order valence-corrected chi connectivity index (χ3v) is 2.73. The fourth-order valence-electron chi connectivity index (χ4n) is 1.17. The van der Waals surface area contributed by atoms with Gasteiger partial charge in [-0.2, -0.15) is 0 Å². The first kappa shape index (κ1) is 12.1. The number of hydrogen-bond acceptors (Lipinski definition) is 2. The van der Waals surface area contributed by atoms with Crippen LogP contribution >= 0.6 is 23.2 Å². The number of rotatable bonds is 3. The maximum absolute atomic E-state index is 10.8. The van der Waals surface area contributed by atoms with Gasteiger partial charge in [0.05, 0.1) is 18.1 Å². The summed E-state index contributed by atoms with van der Waals surface area (Å²) in [4.78, 5) is 10.8. The number of ether oxygens (including phenoxy) is 1. The molecule has 0 spiro atoms. The highest BCUT2D eigenvalue weighted by Crippen LogP contribution is 2.34. The molecule has 0 bridgehead atoms. The van der Waals surface area contributed by atoms with Gasteiger partial charge in [-0.3, -0.25) is 4.79 Å². The zero-order valence-corrected chi connectivity index (χ0v) is 9.76. The SMILES string of the molecule is COc1cc(Cl)c(C(C)C(=O)O)cc1Cl. The van der Waals surface area contributed by atoms with Crippen molar-refractivity contribution >= 4 is 29.2 Å². The van der Waals surface area contributed by atoms with Crippen molar-refractivity contribution in [3.05, 3.63) is 27.7 Å². The van der Waals surface area contributed by atoms with Gasteiger partial charge in [-0.25, -0.2) is 0 Å². The van der Waals surface area contributed by atoms with E-state index in [0.29, 0.717) is 21.4 Å². The normalized spacial score (nSPS) is 12.3. The molecular weight excluding hydrogens is 239 g/mol. The summed E-state index contributed by atoms with van der Waals surface area (Å²) in [5.41, 5.74) is 0.481. The van der Waals surface area contributed by atoms with Crippen molar-refractivity contribution in [2.45, 2.75) is 12.8 Å². The molecule has 0 saturated heterocycles. The van der Waals surface area contributed by atoms with Crippen molar-refractivity contribution in [2.24, 2.45) is 0 Å². The highest BCUT2D eigenvalue weighted by molar-refractivity contribution is 6.35. The Bertz CT molecular complexity index is 390. The Labute approximate surface area is 97.6 Å². The number of halogens is 2. The van der Waals surface area contributed by atoms with E-state index < -0.39 is 11.9 Å². The molecule has 5 heteroatoms. The van der Waals surface area contributed by atoms with E-state index in [0.717, 1.165) is 0 Å². The zero-order chi connectivity index (χ0) is 11.6. The second-order valence-electron chi connectivity index (χ2n) is 3.07. The van der Waals surface area contributed by atoms with Crippen molar-refractivity contribution in [1.82, 2.24) is 0 Å². The molecule has 0 heterocycles. The van der Waals surface area contributed by atoms with Crippen LogP contribution in [0.2, 0.25) is 10.0 Å². The number of carboxylic acid groups (broad SMARTS) is 1. The number of benzene rings is 1. The monoisotopic (exact) mass is 248 g/mol. The van der Waals surface area contributed by atoms with Crippen LogP contribution in [0.1, 0.15) is 18.4 Å². The van der Waals surface area contributed by atoms with Crippen LogP contribution in [-0.4, -0.2) is 18.2 Å². The summed E-state index contributed by atoms with van der Waals surface area (Å²) in [6.07, 6.45) is 0. The lowest BCUT2D eigenvalue weighted by atomic mass is 10.0. The Balaban J connectivity index is 3.21. The van der Waals surface area contributed by atoms with Gasteiger partial charge in [0.1, 0.15) is 5.75 Å². The molecule has 0 saturated carbocycles. The molecule has 0 radical (unpaired) electrons. The lowest BCUT2D eigenvalue weighted by molar-refractivity contribution is -0.138. The first-order chi connectivity index (χ1) is 6.97. The average Bonchev–Trinajstić information content (AvgIpc) is 2.19. The van der Waals surface area contributed by atoms with Gasteiger partial charge in [-0.05, 0) is 18.6 Å². The van der Waals surface area contributed by atoms with Gasteiger partial charge in [-0.1, -0.05) is 23.2 Å². The number of hydrogen-bond donors (Lipinski definition) is 1. The predicted molar refractivity (Wildman–Crippen MR) is 59.1 cm³/mol.